The van der Waals surface area contributed by atoms with Gasteiger partial charge in [-0.3, -0.25) is 4.79 Å². The Morgan fingerprint density at radius 3 is 2.71 bits per heavy atom. The Morgan fingerprint density at radius 1 is 1.29 bits per heavy atom. The van der Waals surface area contributed by atoms with Crippen molar-refractivity contribution in [3.05, 3.63) is 40.1 Å². The van der Waals surface area contributed by atoms with Crippen LogP contribution in [0, 0.1) is 13.8 Å². The number of hydrogen-bond acceptors (Lipinski definition) is 7. The molecule has 0 bridgehead atoms. The van der Waals surface area contributed by atoms with Crippen molar-refractivity contribution in [2.24, 2.45) is 0 Å². The number of hydrogen-bond donors (Lipinski definition) is 3. The lowest BCUT2D eigenvalue weighted by atomic mass is 10.2. The Labute approximate surface area is 160 Å². The third-order valence-electron chi connectivity index (χ3n) is 4.82. The van der Waals surface area contributed by atoms with Gasteiger partial charge in [0, 0.05) is 13.1 Å². The number of aliphatic hydroxyl groups excluding tert-OH is 1. The largest absolute Gasteiger partial charge is 0.507 e. The molecule has 1 saturated heterocycles. The Kier molecular flexibility index (Phi) is 4.25. The second-order valence-corrected chi connectivity index (χ2v) is 8.73. The molecule has 0 radical (unpaired) electrons. The van der Waals surface area contributed by atoms with Crippen LogP contribution in [0.2, 0.25) is 0 Å². The number of phenols is 1. The fourth-order valence-corrected chi connectivity index (χ4v) is 4.92. The number of aryl methyl sites for hydroxylation is 2. The third kappa shape index (κ3) is 2.87. The van der Waals surface area contributed by atoms with E-state index in [1.165, 1.54) is 27.0 Å². The van der Waals surface area contributed by atoms with Gasteiger partial charge in [-0.15, -0.1) is 5.10 Å². The summed E-state index contributed by atoms with van der Waals surface area (Å²) in [6.07, 6.45) is -0.325. The minimum absolute atomic E-state index is 0.0209. The Morgan fingerprint density at radius 2 is 2.04 bits per heavy atom. The van der Waals surface area contributed by atoms with Gasteiger partial charge < -0.3 is 15.2 Å². The number of H-pyrrole nitrogens is 1. The highest BCUT2D eigenvalue weighted by atomic mass is 32.2. The van der Waals surface area contributed by atoms with Gasteiger partial charge in [-0.1, -0.05) is 0 Å². The monoisotopic (exact) mass is 405 g/mol. The van der Waals surface area contributed by atoms with Gasteiger partial charge in [0.05, 0.1) is 22.3 Å². The average Bonchev–Trinajstić information content (AvgIpc) is 3.19. The highest BCUT2D eigenvalue weighted by Gasteiger charge is 2.32. The van der Waals surface area contributed by atoms with Crippen LogP contribution in [0.5, 0.6) is 5.75 Å². The van der Waals surface area contributed by atoms with Gasteiger partial charge in [0.1, 0.15) is 11.6 Å². The quantitative estimate of drug-likeness (QED) is 0.564. The summed E-state index contributed by atoms with van der Waals surface area (Å²) in [4.78, 5) is 19.2. The summed E-state index contributed by atoms with van der Waals surface area (Å²) in [7, 11) is -3.85. The van der Waals surface area contributed by atoms with E-state index in [1.807, 2.05) is 0 Å². The molecule has 3 aromatic rings. The molecule has 4 rings (SSSR count). The number of benzene rings is 1. The molecular formula is C17H19N5O5S. The van der Waals surface area contributed by atoms with E-state index in [-0.39, 0.29) is 40.6 Å². The number of nitrogens with one attached hydrogen (secondary N) is 1. The standard InChI is InChI=1S/C17H19N5O5S/c1-9-15-17(25)19-16(20-22(15)10(2)18-9)13-7-12(3-4-14(13)24)28(26,27)21-6-5-11(23)8-21/h3-4,7,11,23-24H,5-6,8H2,1-2H3,(H,19,20,25). The summed E-state index contributed by atoms with van der Waals surface area (Å²) in [5.74, 6) is 0.292. The van der Waals surface area contributed by atoms with Gasteiger partial charge in [0.15, 0.2) is 11.3 Å². The minimum Gasteiger partial charge on any atom is -0.507 e. The average molecular weight is 405 g/mol. The number of nitrogens with zero attached hydrogens (tertiary/aromatic N) is 4. The summed E-state index contributed by atoms with van der Waals surface area (Å²) in [6, 6.07) is 3.78. The summed E-state index contributed by atoms with van der Waals surface area (Å²) < 4.78 is 28.2. The van der Waals surface area contributed by atoms with E-state index in [4.69, 9.17) is 0 Å². The van der Waals surface area contributed by atoms with E-state index in [1.54, 1.807) is 13.8 Å². The van der Waals surface area contributed by atoms with Gasteiger partial charge in [-0.2, -0.15) is 4.31 Å². The molecular weight excluding hydrogens is 386 g/mol. The second kappa shape index (κ2) is 6.40. The number of aliphatic hydroxyl groups is 1. The molecule has 3 N–H and O–H groups in total. The zero-order chi connectivity index (χ0) is 20.2. The molecule has 28 heavy (non-hydrogen) atoms. The molecule has 0 amide bonds. The lowest BCUT2D eigenvalue weighted by Crippen LogP contribution is -2.29. The summed E-state index contributed by atoms with van der Waals surface area (Å²) >= 11 is 0. The van der Waals surface area contributed by atoms with Crippen LogP contribution in [0.15, 0.2) is 27.9 Å². The molecule has 1 aromatic carbocycles. The number of aromatic amines is 1. The van der Waals surface area contributed by atoms with E-state index in [9.17, 15) is 23.4 Å². The van der Waals surface area contributed by atoms with Crippen LogP contribution in [-0.2, 0) is 10.0 Å². The van der Waals surface area contributed by atoms with Crippen LogP contribution >= 0.6 is 0 Å². The van der Waals surface area contributed by atoms with Gasteiger partial charge in [-0.25, -0.2) is 17.9 Å². The summed E-state index contributed by atoms with van der Waals surface area (Å²) in [5, 5.41) is 24.2. The molecule has 10 nitrogen and oxygen atoms in total. The maximum Gasteiger partial charge on any atom is 0.277 e. The first-order valence-electron chi connectivity index (χ1n) is 8.66. The van der Waals surface area contributed by atoms with Crippen molar-refractivity contribution in [2.45, 2.75) is 31.3 Å². The molecule has 1 atom stereocenters. The predicted molar refractivity (Wildman–Crippen MR) is 99.6 cm³/mol. The van der Waals surface area contributed by atoms with Gasteiger partial charge >= 0.3 is 0 Å². The topological polar surface area (TPSA) is 141 Å². The number of β-amino-alcohol motifs (C(OH)–C–C–N with tert-alkyl or cyclic N) is 1. The highest BCUT2D eigenvalue weighted by Crippen LogP contribution is 2.31. The van der Waals surface area contributed by atoms with E-state index < -0.39 is 21.7 Å². The van der Waals surface area contributed by atoms with Crippen LogP contribution in [0.1, 0.15) is 17.9 Å². The smallest absolute Gasteiger partial charge is 0.277 e. The van der Waals surface area contributed by atoms with Crippen molar-refractivity contribution >= 4 is 15.5 Å². The number of fused-ring (bicyclic) bond motifs is 1. The molecule has 2 aromatic heterocycles. The Balaban J connectivity index is 1.86. The number of phenolic OH excluding ortho intramolecular Hbond substituents is 1. The molecule has 148 valence electrons. The fraction of sp³-hybridized carbons (Fsp3) is 0.353. The molecule has 1 aliphatic heterocycles. The van der Waals surface area contributed by atoms with Crippen LogP contribution < -0.4 is 5.56 Å². The molecule has 0 saturated carbocycles. The van der Waals surface area contributed by atoms with Crippen LogP contribution in [-0.4, -0.2) is 61.7 Å². The first-order chi connectivity index (χ1) is 13.2. The normalized spacial score (nSPS) is 18.2. The van der Waals surface area contributed by atoms with Gasteiger partial charge in [-0.05, 0) is 38.5 Å². The Bertz CT molecular complexity index is 1250. The first-order valence-corrected chi connectivity index (χ1v) is 10.1. The first kappa shape index (κ1) is 18.6. The lowest BCUT2D eigenvalue weighted by Gasteiger charge is -2.16. The van der Waals surface area contributed by atoms with E-state index >= 15 is 0 Å². The van der Waals surface area contributed by atoms with Crippen molar-refractivity contribution in [2.75, 3.05) is 13.1 Å². The van der Waals surface area contributed by atoms with Gasteiger partial charge in [0.25, 0.3) is 5.56 Å². The van der Waals surface area contributed by atoms with Crippen molar-refractivity contribution < 1.29 is 18.6 Å². The minimum atomic E-state index is -3.85. The highest BCUT2D eigenvalue weighted by molar-refractivity contribution is 7.89. The SMILES string of the molecule is Cc1nc(C)n2nc(-c3cc(S(=O)(=O)N4CCC(O)C4)ccc3O)[nH]c(=O)c12. The van der Waals surface area contributed by atoms with E-state index in [2.05, 4.69) is 15.1 Å². The maximum atomic E-state index is 12.8. The molecule has 11 heteroatoms. The van der Waals surface area contributed by atoms with E-state index in [0.717, 1.165) is 0 Å². The zero-order valence-electron chi connectivity index (χ0n) is 15.2. The predicted octanol–water partition coefficient (Wildman–Crippen LogP) is 0.162. The Hall–Kier alpha value is -2.76. The summed E-state index contributed by atoms with van der Waals surface area (Å²) in [5.41, 5.74) is 0.436. The maximum absolute atomic E-state index is 12.8. The van der Waals surface area contributed by atoms with Crippen LogP contribution in [0.25, 0.3) is 16.9 Å². The number of aromatic nitrogens is 4. The zero-order valence-corrected chi connectivity index (χ0v) is 16.1. The van der Waals surface area contributed by atoms with Crippen LogP contribution in [0.3, 0.4) is 0 Å². The van der Waals surface area contributed by atoms with Crippen molar-refractivity contribution in [3.8, 4) is 17.1 Å². The second-order valence-electron chi connectivity index (χ2n) is 6.79. The van der Waals surface area contributed by atoms with Gasteiger partial charge in [0.2, 0.25) is 10.0 Å². The van der Waals surface area contributed by atoms with Crippen molar-refractivity contribution in [1.29, 1.82) is 0 Å². The van der Waals surface area contributed by atoms with Crippen molar-refractivity contribution in [1.82, 2.24) is 23.9 Å². The number of imidazole rings is 1. The summed E-state index contributed by atoms with van der Waals surface area (Å²) in [6.45, 7) is 3.62. The molecule has 0 aliphatic carbocycles. The number of rotatable bonds is 3. The number of aromatic hydroxyl groups is 1. The van der Waals surface area contributed by atoms with E-state index in [0.29, 0.717) is 17.9 Å². The molecule has 3 heterocycles. The molecule has 1 unspecified atom stereocenters. The molecule has 0 spiro atoms. The number of sulfonamides is 1. The molecule has 1 fully saturated rings. The third-order valence-corrected chi connectivity index (χ3v) is 6.69. The molecule has 1 aliphatic rings. The van der Waals surface area contributed by atoms with Crippen molar-refractivity contribution in [3.63, 3.8) is 0 Å². The lowest BCUT2D eigenvalue weighted by molar-refractivity contribution is 0.189. The van der Waals surface area contributed by atoms with Crippen LogP contribution in [0.4, 0.5) is 0 Å². The fourth-order valence-electron chi connectivity index (χ4n) is 3.40.